The molecule has 4 aromatic rings. The number of sulfonamides is 2. The van der Waals surface area contributed by atoms with Crippen LogP contribution in [0.3, 0.4) is 0 Å². The van der Waals surface area contributed by atoms with Gasteiger partial charge in [0.25, 0.3) is 20.0 Å². The van der Waals surface area contributed by atoms with E-state index in [0.717, 1.165) is 15.9 Å². The topological polar surface area (TPSA) is 113 Å². The summed E-state index contributed by atoms with van der Waals surface area (Å²) < 4.78 is 69.6. The first-order chi connectivity index (χ1) is 18.5. The van der Waals surface area contributed by atoms with Crippen LogP contribution in [0.1, 0.15) is 5.56 Å². The number of rotatable bonds is 6. The van der Waals surface area contributed by atoms with Crippen LogP contribution >= 0.6 is 11.6 Å². The number of amides is 1. The minimum Gasteiger partial charge on any atom is -0.325 e. The van der Waals surface area contributed by atoms with Crippen LogP contribution in [0.4, 0.5) is 21.5 Å². The number of nitrogens with one attached hydrogen (secondary N) is 2. The van der Waals surface area contributed by atoms with Crippen LogP contribution in [0.15, 0.2) is 94.7 Å². The first-order valence-corrected chi connectivity index (χ1v) is 14.9. The lowest BCUT2D eigenvalue weighted by Gasteiger charge is -2.31. The summed E-state index contributed by atoms with van der Waals surface area (Å²) in [6.45, 7) is 1.22. The normalized spacial score (nSPS) is 13.8. The van der Waals surface area contributed by atoms with Crippen LogP contribution in [-0.4, -0.2) is 29.3 Å². The summed E-state index contributed by atoms with van der Waals surface area (Å²) in [5.74, 6) is -1.21. The molecule has 0 atom stereocenters. The van der Waals surface area contributed by atoms with Crippen LogP contribution in [0.5, 0.6) is 0 Å². The number of carbonyl (C=O) groups is 1. The van der Waals surface area contributed by atoms with Crippen LogP contribution in [0.2, 0.25) is 5.02 Å². The van der Waals surface area contributed by atoms with Gasteiger partial charge in [-0.05, 0) is 73.2 Å². The zero-order valence-electron chi connectivity index (χ0n) is 20.4. The number of fused-ring (bicyclic) bond motifs is 3. The number of nitrogens with zero attached hydrogens (tertiary/aromatic N) is 1. The van der Waals surface area contributed by atoms with E-state index in [1.54, 1.807) is 37.3 Å². The third kappa shape index (κ3) is 5.20. The number of benzene rings is 4. The monoisotopic (exact) mass is 585 g/mol. The van der Waals surface area contributed by atoms with E-state index >= 15 is 0 Å². The molecule has 8 nitrogen and oxygen atoms in total. The lowest BCUT2D eigenvalue weighted by Crippen LogP contribution is -2.40. The highest BCUT2D eigenvalue weighted by molar-refractivity contribution is 7.93. The van der Waals surface area contributed by atoms with Crippen molar-refractivity contribution < 1.29 is 26.0 Å². The quantitative estimate of drug-likeness (QED) is 0.314. The molecular formula is C27H21ClFN3O5S2. The molecule has 1 heterocycles. The second-order valence-electron chi connectivity index (χ2n) is 8.81. The molecule has 0 spiro atoms. The average Bonchev–Trinajstić information content (AvgIpc) is 2.89. The highest BCUT2D eigenvalue weighted by atomic mass is 35.5. The van der Waals surface area contributed by atoms with Gasteiger partial charge in [0.2, 0.25) is 5.91 Å². The standard InChI is InChI=1S/C27H21ClFN3O5S2/c1-17-6-8-20(15-24(17)28)31-38(34,35)21-11-9-19(10-12-21)30-27(33)16-32-25-13-7-18(29)14-23(25)22-4-2-3-5-26(22)39(32,36)37/h2-15,31H,16H2,1H3,(H,30,33). The Kier molecular flexibility index (Phi) is 6.83. The second kappa shape index (κ2) is 9.99. The number of carbonyl (C=O) groups excluding carboxylic acids is 1. The summed E-state index contributed by atoms with van der Waals surface area (Å²) in [7, 11) is -8.04. The Bertz CT molecular complexity index is 1830. The predicted octanol–water partition coefficient (Wildman–Crippen LogP) is 5.40. The molecular weight excluding hydrogens is 565 g/mol. The van der Waals surface area contributed by atoms with E-state index in [4.69, 9.17) is 11.6 Å². The Hall–Kier alpha value is -3.93. The maximum absolute atomic E-state index is 14.0. The van der Waals surface area contributed by atoms with E-state index in [9.17, 15) is 26.0 Å². The van der Waals surface area contributed by atoms with Crippen molar-refractivity contribution in [1.82, 2.24) is 0 Å². The molecule has 1 aliphatic heterocycles. The van der Waals surface area contributed by atoms with Crippen molar-refractivity contribution >= 4 is 54.6 Å². The number of halogens is 2. The second-order valence-corrected chi connectivity index (χ2v) is 12.7. The molecule has 1 amide bonds. The number of anilines is 3. The largest absolute Gasteiger partial charge is 0.325 e. The van der Waals surface area contributed by atoms with Crippen molar-refractivity contribution in [3.05, 3.63) is 101 Å². The number of aryl methyl sites for hydroxylation is 1. The van der Waals surface area contributed by atoms with Crippen molar-refractivity contribution in [3.8, 4) is 11.1 Å². The first kappa shape index (κ1) is 26.7. The molecule has 0 unspecified atom stereocenters. The fraction of sp³-hybridized carbons (Fsp3) is 0.0741. The average molecular weight is 586 g/mol. The molecule has 5 rings (SSSR count). The van der Waals surface area contributed by atoms with Gasteiger partial charge in [-0.1, -0.05) is 35.9 Å². The Morgan fingerprint density at radius 3 is 2.33 bits per heavy atom. The van der Waals surface area contributed by atoms with Gasteiger partial charge < -0.3 is 5.32 Å². The molecule has 0 bridgehead atoms. The number of hydrogen-bond donors (Lipinski definition) is 2. The Labute approximate surface area is 230 Å². The summed E-state index contributed by atoms with van der Waals surface area (Å²) >= 11 is 6.07. The lowest BCUT2D eigenvalue weighted by atomic mass is 10.0. The van der Waals surface area contributed by atoms with Gasteiger partial charge in [-0.2, -0.15) is 0 Å². The third-order valence-electron chi connectivity index (χ3n) is 6.13. The zero-order chi connectivity index (χ0) is 27.9. The summed E-state index contributed by atoms with van der Waals surface area (Å²) in [6.07, 6.45) is 0. The minimum absolute atomic E-state index is 0.0344. The Morgan fingerprint density at radius 2 is 1.62 bits per heavy atom. The van der Waals surface area contributed by atoms with Gasteiger partial charge in [0.05, 0.1) is 21.2 Å². The minimum atomic E-state index is -4.11. The zero-order valence-corrected chi connectivity index (χ0v) is 22.7. The van der Waals surface area contributed by atoms with E-state index in [1.807, 2.05) is 0 Å². The van der Waals surface area contributed by atoms with Crippen LogP contribution in [-0.2, 0) is 24.8 Å². The summed E-state index contributed by atoms with van der Waals surface area (Å²) in [4.78, 5) is 12.8. The SMILES string of the molecule is Cc1ccc(NS(=O)(=O)c2ccc(NC(=O)CN3c4ccc(F)cc4-c4ccccc4S3(=O)=O)cc2)cc1Cl. The predicted molar refractivity (Wildman–Crippen MR) is 148 cm³/mol. The van der Waals surface area contributed by atoms with E-state index in [-0.39, 0.29) is 21.2 Å². The van der Waals surface area contributed by atoms with Crippen LogP contribution in [0, 0.1) is 12.7 Å². The Balaban J connectivity index is 1.34. The van der Waals surface area contributed by atoms with Crippen LogP contribution < -0.4 is 14.3 Å². The highest BCUT2D eigenvalue weighted by Gasteiger charge is 2.36. The van der Waals surface area contributed by atoms with Crippen molar-refractivity contribution in [2.45, 2.75) is 16.7 Å². The van der Waals surface area contributed by atoms with Crippen molar-refractivity contribution in [2.75, 3.05) is 20.9 Å². The maximum Gasteiger partial charge on any atom is 0.265 e. The molecule has 0 aromatic heterocycles. The number of hydrogen-bond acceptors (Lipinski definition) is 5. The third-order valence-corrected chi connectivity index (χ3v) is 9.75. The van der Waals surface area contributed by atoms with E-state index in [1.165, 1.54) is 48.5 Å². The molecule has 4 aromatic carbocycles. The van der Waals surface area contributed by atoms with Crippen molar-refractivity contribution in [1.29, 1.82) is 0 Å². The molecule has 200 valence electrons. The summed E-state index contributed by atoms with van der Waals surface area (Å²) in [6, 6.07) is 20.0. The van der Waals surface area contributed by atoms with Gasteiger partial charge in [-0.3, -0.25) is 13.8 Å². The fourth-order valence-corrected chi connectivity index (χ4v) is 7.07. The van der Waals surface area contributed by atoms with Gasteiger partial charge in [0.1, 0.15) is 12.4 Å². The van der Waals surface area contributed by atoms with E-state index in [0.29, 0.717) is 21.8 Å². The molecule has 0 aliphatic carbocycles. The van der Waals surface area contributed by atoms with E-state index < -0.39 is 38.3 Å². The van der Waals surface area contributed by atoms with Gasteiger partial charge >= 0.3 is 0 Å². The molecule has 0 fully saturated rings. The van der Waals surface area contributed by atoms with Crippen LogP contribution in [0.25, 0.3) is 11.1 Å². The van der Waals surface area contributed by atoms with Crippen molar-refractivity contribution in [3.63, 3.8) is 0 Å². The van der Waals surface area contributed by atoms with Gasteiger partial charge in [0, 0.05) is 21.8 Å². The molecule has 39 heavy (non-hydrogen) atoms. The van der Waals surface area contributed by atoms with Gasteiger partial charge in [0.15, 0.2) is 0 Å². The smallest absolute Gasteiger partial charge is 0.265 e. The summed E-state index contributed by atoms with van der Waals surface area (Å²) in [5.41, 5.74) is 2.23. The molecule has 0 saturated heterocycles. The van der Waals surface area contributed by atoms with E-state index in [2.05, 4.69) is 10.0 Å². The molecule has 1 aliphatic rings. The van der Waals surface area contributed by atoms with Crippen molar-refractivity contribution in [2.24, 2.45) is 0 Å². The van der Waals surface area contributed by atoms with Gasteiger partial charge in [-0.15, -0.1) is 0 Å². The fourth-order valence-electron chi connectivity index (χ4n) is 4.19. The Morgan fingerprint density at radius 1 is 0.923 bits per heavy atom. The first-order valence-electron chi connectivity index (χ1n) is 11.6. The molecule has 12 heteroatoms. The molecule has 2 N–H and O–H groups in total. The lowest BCUT2D eigenvalue weighted by molar-refractivity contribution is -0.114. The molecule has 0 radical (unpaired) electrons. The highest BCUT2D eigenvalue weighted by Crippen LogP contribution is 2.43. The maximum atomic E-state index is 14.0. The molecule has 0 saturated carbocycles. The summed E-state index contributed by atoms with van der Waals surface area (Å²) in [5, 5.41) is 3.00. The van der Waals surface area contributed by atoms with Gasteiger partial charge in [-0.25, -0.2) is 21.2 Å².